The number of thiophene rings is 1. The van der Waals surface area contributed by atoms with E-state index >= 15 is 0 Å². The van der Waals surface area contributed by atoms with Crippen molar-refractivity contribution in [3.05, 3.63) is 48.5 Å². The third-order valence-corrected chi connectivity index (χ3v) is 4.91. The molecular weight excluding hydrogens is 373 g/mol. The number of hydrogen-bond acceptors (Lipinski definition) is 2. The highest BCUT2D eigenvalue weighted by Crippen LogP contribution is 2.28. The van der Waals surface area contributed by atoms with Crippen molar-refractivity contribution in [2.45, 2.75) is 6.54 Å². The van der Waals surface area contributed by atoms with Gasteiger partial charge in [-0.15, -0.1) is 11.3 Å². The Labute approximate surface area is 120 Å². The lowest BCUT2D eigenvalue weighted by molar-refractivity contribution is 1.18. The van der Waals surface area contributed by atoms with E-state index in [9.17, 15) is 0 Å². The lowest BCUT2D eigenvalue weighted by Gasteiger charge is -2.08. The van der Waals surface area contributed by atoms with Gasteiger partial charge in [0.25, 0.3) is 0 Å². The Hall–Kier alpha value is -0.0300. The van der Waals surface area contributed by atoms with Crippen LogP contribution in [0, 0.1) is 0 Å². The number of benzene rings is 1. The Morgan fingerprint density at radius 3 is 2.69 bits per heavy atom. The van der Waals surface area contributed by atoms with Crippen molar-refractivity contribution < 1.29 is 0 Å². The van der Waals surface area contributed by atoms with E-state index in [2.05, 4.69) is 48.6 Å². The maximum Gasteiger partial charge on any atom is 0.0505 e. The summed E-state index contributed by atoms with van der Waals surface area (Å²) in [6, 6.07) is 7.76. The van der Waals surface area contributed by atoms with E-state index in [1.165, 1.54) is 4.88 Å². The fourth-order valence-electron chi connectivity index (χ4n) is 1.26. The third-order valence-electron chi connectivity index (χ3n) is 2.06. The topological polar surface area (TPSA) is 12.0 Å². The van der Waals surface area contributed by atoms with Crippen molar-refractivity contribution >= 4 is 60.5 Å². The Morgan fingerprint density at radius 2 is 2.00 bits per heavy atom. The van der Waals surface area contributed by atoms with Crippen LogP contribution in [0.15, 0.2) is 38.6 Å². The highest BCUT2D eigenvalue weighted by atomic mass is 79.9. The van der Waals surface area contributed by atoms with Gasteiger partial charge in [0.1, 0.15) is 0 Å². The summed E-state index contributed by atoms with van der Waals surface area (Å²) >= 11 is 14.7. The molecule has 0 aliphatic carbocycles. The molecule has 5 heteroatoms. The molecule has 0 saturated heterocycles. The summed E-state index contributed by atoms with van der Waals surface area (Å²) in [4.78, 5) is 1.27. The molecule has 0 spiro atoms. The second-order valence-corrected chi connectivity index (χ2v) is 6.32. The molecule has 0 saturated carbocycles. The molecule has 0 atom stereocenters. The molecule has 0 unspecified atom stereocenters. The van der Waals surface area contributed by atoms with Gasteiger partial charge in [-0.3, -0.25) is 0 Å². The van der Waals surface area contributed by atoms with Gasteiger partial charge in [-0.1, -0.05) is 11.6 Å². The van der Waals surface area contributed by atoms with Crippen LogP contribution in [0.25, 0.3) is 0 Å². The van der Waals surface area contributed by atoms with Crippen LogP contribution in [0.4, 0.5) is 5.69 Å². The Morgan fingerprint density at radius 1 is 1.19 bits per heavy atom. The van der Waals surface area contributed by atoms with Gasteiger partial charge >= 0.3 is 0 Å². The predicted octanol–water partition coefficient (Wildman–Crippen LogP) is 5.54. The molecule has 2 aromatic rings. The molecule has 1 N–H and O–H groups in total. The van der Waals surface area contributed by atoms with Crippen molar-refractivity contribution in [3.63, 3.8) is 0 Å². The minimum Gasteiger partial charge on any atom is -0.379 e. The van der Waals surface area contributed by atoms with Gasteiger partial charge in [0.15, 0.2) is 0 Å². The lowest BCUT2D eigenvalue weighted by Crippen LogP contribution is -1.98. The molecule has 0 fully saturated rings. The molecule has 1 aromatic carbocycles. The Bertz CT molecular complexity index is 498. The molecule has 0 bridgehead atoms. The molecule has 0 aliphatic rings. The minimum atomic E-state index is 0.732. The monoisotopic (exact) mass is 379 g/mol. The van der Waals surface area contributed by atoms with E-state index in [0.717, 1.165) is 26.2 Å². The maximum atomic E-state index is 5.94. The summed E-state index contributed by atoms with van der Waals surface area (Å²) in [5.74, 6) is 0. The van der Waals surface area contributed by atoms with Gasteiger partial charge in [-0.2, -0.15) is 0 Å². The zero-order valence-corrected chi connectivity index (χ0v) is 12.9. The summed E-state index contributed by atoms with van der Waals surface area (Å²) in [6.45, 7) is 0.789. The van der Waals surface area contributed by atoms with E-state index in [1.54, 1.807) is 11.3 Å². The van der Waals surface area contributed by atoms with Crippen molar-refractivity contribution in [2.75, 3.05) is 5.32 Å². The van der Waals surface area contributed by atoms with Crippen LogP contribution in [0.1, 0.15) is 4.88 Å². The standard InChI is InChI=1S/C11H8Br2ClNS/c12-8-2-1-7(14)5-10(8)15-6-11-9(13)3-4-16-11/h1-5,15H,6H2. The van der Waals surface area contributed by atoms with Crippen LogP contribution < -0.4 is 5.32 Å². The smallest absolute Gasteiger partial charge is 0.0505 e. The van der Waals surface area contributed by atoms with Crippen molar-refractivity contribution in [2.24, 2.45) is 0 Å². The largest absolute Gasteiger partial charge is 0.379 e. The zero-order chi connectivity index (χ0) is 11.5. The first-order valence-corrected chi connectivity index (χ1v) is 7.42. The molecule has 1 nitrogen and oxygen atoms in total. The number of hydrogen-bond donors (Lipinski definition) is 1. The fourth-order valence-corrected chi connectivity index (χ4v) is 3.25. The van der Waals surface area contributed by atoms with Gasteiger partial charge in [-0.05, 0) is 61.5 Å². The van der Waals surface area contributed by atoms with Crippen LogP contribution in [0.5, 0.6) is 0 Å². The van der Waals surface area contributed by atoms with Gasteiger partial charge in [-0.25, -0.2) is 0 Å². The molecule has 2 rings (SSSR count). The number of nitrogens with one attached hydrogen (secondary N) is 1. The van der Waals surface area contributed by atoms with Crippen LogP contribution in [-0.2, 0) is 6.54 Å². The quantitative estimate of drug-likeness (QED) is 0.736. The van der Waals surface area contributed by atoms with Gasteiger partial charge in [0.05, 0.1) is 12.2 Å². The maximum absolute atomic E-state index is 5.94. The van der Waals surface area contributed by atoms with E-state index in [1.807, 2.05) is 18.2 Å². The van der Waals surface area contributed by atoms with Crippen molar-refractivity contribution in [3.8, 4) is 0 Å². The van der Waals surface area contributed by atoms with E-state index in [4.69, 9.17) is 11.6 Å². The lowest BCUT2D eigenvalue weighted by atomic mass is 10.3. The molecule has 84 valence electrons. The first kappa shape index (κ1) is 12.4. The summed E-state index contributed by atoms with van der Waals surface area (Å²) in [6.07, 6.45) is 0. The average molecular weight is 382 g/mol. The van der Waals surface area contributed by atoms with Gasteiger partial charge in [0, 0.05) is 18.8 Å². The summed E-state index contributed by atoms with van der Waals surface area (Å²) in [5, 5.41) is 6.14. The fraction of sp³-hybridized carbons (Fsp3) is 0.0909. The Kier molecular flexibility index (Phi) is 4.30. The molecular formula is C11H8Br2ClNS. The minimum absolute atomic E-state index is 0.732. The number of anilines is 1. The number of rotatable bonds is 3. The molecule has 1 aromatic heterocycles. The molecule has 0 radical (unpaired) electrons. The highest BCUT2D eigenvalue weighted by Gasteiger charge is 2.03. The first-order valence-electron chi connectivity index (χ1n) is 4.57. The van der Waals surface area contributed by atoms with E-state index in [-0.39, 0.29) is 0 Å². The van der Waals surface area contributed by atoms with Gasteiger partial charge < -0.3 is 5.32 Å². The first-order chi connectivity index (χ1) is 7.66. The van der Waals surface area contributed by atoms with Gasteiger partial charge in [0.2, 0.25) is 0 Å². The summed E-state index contributed by atoms with van der Waals surface area (Å²) < 4.78 is 2.16. The molecule has 0 amide bonds. The van der Waals surface area contributed by atoms with Crippen molar-refractivity contribution in [1.82, 2.24) is 0 Å². The van der Waals surface area contributed by atoms with Crippen LogP contribution in [0.2, 0.25) is 5.02 Å². The van der Waals surface area contributed by atoms with Crippen LogP contribution >= 0.6 is 54.8 Å². The Balaban J connectivity index is 2.10. The zero-order valence-electron chi connectivity index (χ0n) is 8.14. The highest BCUT2D eigenvalue weighted by molar-refractivity contribution is 9.11. The van der Waals surface area contributed by atoms with E-state index < -0.39 is 0 Å². The second kappa shape index (κ2) is 5.54. The van der Waals surface area contributed by atoms with Crippen LogP contribution in [0.3, 0.4) is 0 Å². The molecule has 16 heavy (non-hydrogen) atoms. The summed E-state index contributed by atoms with van der Waals surface area (Å²) in [7, 11) is 0. The number of halogens is 3. The van der Waals surface area contributed by atoms with Crippen LogP contribution in [-0.4, -0.2) is 0 Å². The summed E-state index contributed by atoms with van der Waals surface area (Å²) in [5.41, 5.74) is 1.01. The SMILES string of the molecule is Clc1ccc(Br)c(NCc2sccc2Br)c1. The second-order valence-electron chi connectivity index (χ2n) is 3.17. The average Bonchev–Trinajstić information content (AvgIpc) is 2.66. The molecule has 1 heterocycles. The van der Waals surface area contributed by atoms with E-state index in [0.29, 0.717) is 0 Å². The molecule has 0 aliphatic heterocycles. The normalized spacial score (nSPS) is 10.4. The van der Waals surface area contributed by atoms with Crippen molar-refractivity contribution in [1.29, 1.82) is 0 Å². The predicted molar refractivity (Wildman–Crippen MR) is 78.5 cm³/mol. The third kappa shape index (κ3) is 3.00.